The first kappa shape index (κ1) is 32.9. The molecule has 2 heterocycles. The maximum Gasteiger partial charge on any atom is 0.319 e. The first-order valence-electron chi connectivity index (χ1n) is 13.0. The van der Waals surface area contributed by atoms with Crippen molar-refractivity contribution in [2.45, 2.75) is 51.7 Å². The average Bonchev–Trinajstić information content (AvgIpc) is 3.48. The minimum Gasteiger partial charge on any atom is -0.465 e. The number of aromatic nitrogens is 2. The molecule has 4 rings (SSSR count). The molecule has 0 saturated carbocycles. The zero-order valence-electron chi connectivity index (χ0n) is 23.3. The fraction of sp³-hybridized carbons (Fsp3) is 0.429. The van der Waals surface area contributed by atoms with Gasteiger partial charge >= 0.3 is 5.97 Å². The van der Waals surface area contributed by atoms with E-state index in [0.29, 0.717) is 18.7 Å². The fourth-order valence-electron chi connectivity index (χ4n) is 4.95. The van der Waals surface area contributed by atoms with Gasteiger partial charge in [-0.15, -0.1) is 24.8 Å². The molecule has 2 aromatic carbocycles. The maximum atomic E-state index is 13.8. The van der Waals surface area contributed by atoms with Crippen LogP contribution in [0.2, 0.25) is 0 Å². The molecule has 0 unspecified atom stereocenters. The molecule has 0 bridgehead atoms. The van der Waals surface area contributed by atoms with Crippen molar-refractivity contribution in [3.63, 3.8) is 0 Å². The van der Waals surface area contributed by atoms with E-state index in [9.17, 15) is 9.59 Å². The smallest absolute Gasteiger partial charge is 0.319 e. The number of imidazole rings is 1. The summed E-state index contributed by atoms with van der Waals surface area (Å²) in [6.07, 6.45) is 1.93. The SMILES string of the molecule is CCOC(=O)CN[C@@](C)(C(=O)N1CCC[C@H]1C)c1ccc2c(c1)nc(CNc1ccc(C(=N)N)cc1)n2C.Cl.Cl. The lowest BCUT2D eigenvalue weighted by Crippen LogP contribution is -2.55. The number of amidine groups is 1. The molecule has 1 amide bonds. The van der Waals surface area contributed by atoms with Crippen LogP contribution in [0.4, 0.5) is 5.69 Å². The third kappa shape index (κ3) is 6.86. The van der Waals surface area contributed by atoms with Gasteiger partial charge in [-0.3, -0.25) is 20.3 Å². The molecule has 10 nitrogen and oxygen atoms in total. The average molecular weight is 593 g/mol. The van der Waals surface area contributed by atoms with Gasteiger partial charge in [-0.25, -0.2) is 4.98 Å². The predicted molar refractivity (Wildman–Crippen MR) is 162 cm³/mol. The standard InChI is InChI=1S/C28H37N7O3.2ClH/c1-5-38-25(36)17-32-28(3,27(37)35-14-6-7-18(35)2)20-10-13-23-22(15-20)33-24(34(23)4)16-31-21-11-8-19(9-12-21)26(29)30;;/h8-13,15,18,31-32H,5-7,14,16-17H2,1-4H3,(H3,29,30);2*1H/t18-,28-;;/m1../s1. The van der Waals surface area contributed by atoms with E-state index in [1.807, 2.05) is 53.8 Å². The number of rotatable bonds is 10. The highest BCUT2D eigenvalue weighted by Crippen LogP contribution is 2.30. The molecule has 218 valence electrons. The van der Waals surface area contributed by atoms with Crippen molar-refractivity contribution in [1.29, 1.82) is 5.41 Å². The van der Waals surface area contributed by atoms with Crippen molar-refractivity contribution in [2.24, 2.45) is 12.8 Å². The van der Waals surface area contributed by atoms with Gasteiger partial charge in [0, 0.05) is 30.9 Å². The number of halogens is 2. The Kier molecular flexibility index (Phi) is 11.4. The number of nitrogen functional groups attached to an aromatic ring is 1. The van der Waals surface area contributed by atoms with Crippen LogP contribution < -0.4 is 16.4 Å². The number of benzene rings is 2. The second kappa shape index (κ2) is 13.8. The summed E-state index contributed by atoms with van der Waals surface area (Å²) in [5.41, 5.74) is 8.43. The van der Waals surface area contributed by atoms with Crippen molar-refractivity contribution >= 4 is 59.2 Å². The number of fused-ring (bicyclic) bond motifs is 1. The van der Waals surface area contributed by atoms with Crippen LogP contribution in [0.25, 0.3) is 11.0 Å². The molecule has 1 aliphatic heterocycles. The van der Waals surface area contributed by atoms with Crippen LogP contribution in [-0.2, 0) is 33.5 Å². The van der Waals surface area contributed by atoms with Crippen LogP contribution in [0.5, 0.6) is 0 Å². The highest BCUT2D eigenvalue weighted by Gasteiger charge is 2.41. The van der Waals surface area contributed by atoms with E-state index in [1.165, 1.54) is 0 Å². The second-order valence-corrected chi connectivity index (χ2v) is 9.91. The van der Waals surface area contributed by atoms with Crippen LogP contribution in [0.15, 0.2) is 42.5 Å². The van der Waals surface area contributed by atoms with E-state index in [0.717, 1.165) is 41.0 Å². The number of hydrogen-bond donors (Lipinski definition) is 4. The fourth-order valence-corrected chi connectivity index (χ4v) is 4.95. The highest BCUT2D eigenvalue weighted by molar-refractivity contribution is 5.95. The van der Waals surface area contributed by atoms with E-state index in [1.54, 1.807) is 19.1 Å². The topological polar surface area (TPSA) is 138 Å². The Bertz CT molecular complexity index is 1350. The summed E-state index contributed by atoms with van der Waals surface area (Å²) in [5, 5.41) is 14.1. The molecular formula is C28H39Cl2N7O3. The van der Waals surface area contributed by atoms with Crippen molar-refractivity contribution < 1.29 is 14.3 Å². The molecule has 40 heavy (non-hydrogen) atoms. The largest absolute Gasteiger partial charge is 0.465 e. The number of nitrogens with one attached hydrogen (secondary N) is 3. The first-order chi connectivity index (χ1) is 18.1. The highest BCUT2D eigenvalue weighted by atomic mass is 35.5. The normalized spacial score (nSPS) is 16.0. The van der Waals surface area contributed by atoms with Crippen molar-refractivity contribution in [2.75, 3.05) is 25.0 Å². The van der Waals surface area contributed by atoms with Gasteiger partial charge in [0.2, 0.25) is 5.91 Å². The summed E-state index contributed by atoms with van der Waals surface area (Å²) >= 11 is 0. The molecule has 12 heteroatoms. The summed E-state index contributed by atoms with van der Waals surface area (Å²) in [4.78, 5) is 32.8. The number of hydrogen-bond acceptors (Lipinski definition) is 7. The molecule has 0 aliphatic carbocycles. The molecule has 0 spiro atoms. The minimum atomic E-state index is -1.12. The number of carbonyl (C=O) groups excluding carboxylic acids is 2. The number of ether oxygens (including phenoxy) is 1. The van der Waals surface area contributed by atoms with E-state index < -0.39 is 11.5 Å². The Morgan fingerprint density at radius 3 is 2.50 bits per heavy atom. The van der Waals surface area contributed by atoms with E-state index in [2.05, 4.69) is 17.6 Å². The van der Waals surface area contributed by atoms with Crippen molar-refractivity contribution in [1.82, 2.24) is 19.8 Å². The quantitative estimate of drug-likeness (QED) is 0.160. The van der Waals surface area contributed by atoms with Crippen LogP contribution in [0, 0.1) is 5.41 Å². The molecule has 0 radical (unpaired) electrons. The Balaban J connectivity index is 0.00000280. The van der Waals surface area contributed by atoms with Crippen molar-refractivity contribution in [3.8, 4) is 0 Å². The Labute approximate surface area is 247 Å². The number of aryl methyl sites for hydroxylation is 1. The summed E-state index contributed by atoms with van der Waals surface area (Å²) in [6.45, 7) is 7.05. The second-order valence-electron chi connectivity index (χ2n) is 9.91. The summed E-state index contributed by atoms with van der Waals surface area (Å²) < 4.78 is 7.12. The molecule has 1 aromatic heterocycles. The lowest BCUT2D eigenvalue weighted by Gasteiger charge is -2.35. The van der Waals surface area contributed by atoms with E-state index in [4.69, 9.17) is 20.9 Å². The van der Waals surface area contributed by atoms with Gasteiger partial charge in [-0.2, -0.15) is 0 Å². The monoisotopic (exact) mass is 591 g/mol. The molecule has 2 atom stereocenters. The summed E-state index contributed by atoms with van der Waals surface area (Å²) in [5.74, 6) is 0.403. The van der Waals surface area contributed by atoms with Gasteiger partial charge in [-0.1, -0.05) is 6.07 Å². The lowest BCUT2D eigenvalue weighted by atomic mass is 9.89. The molecule has 1 saturated heterocycles. The maximum absolute atomic E-state index is 13.8. The molecular weight excluding hydrogens is 553 g/mol. The Morgan fingerprint density at radius 1 is 1.20 bits per heavy atom. The van der Waals surface area contributed by atoms with E-state index >= 15 is 0 Å². The molecule has 1 aliphatic rings. The van der Waals surface area contributed by atoms with Gasteiger partial charge in [0.05, 0.1) is 30.7 Å². The number of likely N-dealkylation sites (tertiary alicyclic amines) is 1. The number of esters is 1. The predicted octanol–water partition coefficient (Wildman–Crippen LogP) is 3.69. The van der Waals surface area contributed by atoms with Crippen LogP contribution >= 0.6 is 24.8 Å². The Hall–Kier alpha value is -3.34. The number of anilines is 1. The van der Waals surface area contributed by atoms with Gasteiger partial charge in [0.25, 0.3) is 0 Å². The summed E-state index contributed by atoms with van der Waals surface area (Å²) in [6, 6.07) is 13.3. The molecule has 5 N–H and O–H groups in total. The number of nitrogens with zero attached hydrogens (tertiary/aromatic N) is 3. The van der Waals surface area contributed by atoms with Gasteiger partial charge in [0.1, 0.15) is 17.2 Å². The zero-order chi connectivity index (χ0) is 27.4. The third-order valence-corrected chi connectivity index (χ3v) is 7.33. The van der Waals surface area contributed by atoms with Crippen LogP contribution in [-0.4, -0.2) is 57.9 Å². The lowest BCUT2D eigenvalue weighted by molar-refractivity contribution is -0.144. The van der Waals surface area contributed by atoms with Crippen LogP contribution in [0.3, 0.4) is 0 Å². The number of carbonyl (C=O) groups is 2. The molecule has 1 fully saturated rings. The first-order valence-corrected chi connectivity index (χ1v) is 13.0. The van der Waals surface area contributed by atoms with Gasteiger partial charge < -0.3 is 25.3 Å². The molecule has 3 aromatic rings. The van der Waals surface area contributed by atoms with E-state index in [-0.39, 0.29) is 55.8 Å². The number of nitrogens with two attached hydrogens (primary N) is 1. The van der Waals surface area contributed by atoms with Crippen molar-refractivity contribution in [3.05, 3.63) is 59.4 Å². The zero-order valence-corrected chi connectivity index (χ0v) is 25.0. The summed E-state index contributed by atoms with van der Waals surface area (Å²) in [7, 11) is 1.96. The minimum absolute atomic E-state index is 0. The van der Waals surface area contributed by atoms with Gasteiger partial charge in [-0.05, 0) is 75.6 Å². The number of amides is 1. The Morgan fingerprint density at radius 2 is 1.90 bits per heavy atom. The van der Waals surface area contributed by atoms with Crippen LogP contribution in [0.1, 0.15) is 50.6 Å². The third-order valence-electron chi connectivity index (χ3n) is 7.33. The van der Waals surface area contributed by atoms with Gasteiger partial charge in [0.15, 0.2) is 0 Å².